The van der Waals surface area contributed by atoms with Gasteiger partial charge in [-0.15, -0.1) is 0 Å². The predicted octanol–water partition coefficient (Wildman–Crippen LogP) is 5.46. The summed E-state index contributed by atoms with van der Waals surface area (Å²) in [6, 6.07) is 25.1. The predicted molar refractivity (Wildman–Crippen MR) is 129 cm³/mol. The van der Waals surface area contributed by atoms with Crippen LogP contribution in [0.1, 0.15) is 41.6 Å². The van der Waals surface area contributed by atoms with Crippen LogP contribution >= 0.6 is 0 Å². The number of benzene rings is 3. The van der Waals surface area contributed by atoms with Crippen molar-refractivity contribution >= 4 is 22.5 Å². The molecule has 1 heterocycles. The molecular weight excluding hydrogens is 394 g/mol. The summed E-state index contributed by atoms with van der Waals surface area (Å²) in [5, 5.41) is 5.91. The average Bonchev–Trinajstić information content (AvgIpc) is 3.34. The lowest BCUT2D eigenvalue weighted by Crippen LogP contribution is -2.22. The summed E-state index contributed by atoms with van der Waals surface area (Å²) in [5.74, 6) is -0.0540. The van der Waals surface area contributed by atoms with Crippen molar-refractivity contribution in [1.82, 2.24) is 9.99 Å². The summed E-state index contributed by atoms with van der Waals surface area (Å²) in [6.45, 7) is 0.680. The van der Waals surface area contributed by atoms with Crippen LogP contribution in [0, 0.1) is 0 Å². The van der Waals surface area contributed by atoms with E-state index in [1.807, 2.05) is 24.3 Å². The van der Waals surface area contributed by atoms with Crippen molar-refractivity contribution in [3.63, 3.8) is 0 Å². The highest BCUT2D eigenvalue weighted by molar-refractivity contribution is 6.24. The molecule has 3 aromatic carbocycles. The van der Waals surface area contributed by atoms with Crippen LogP contribution in [0.5, 0.6) is 0 Å². The molecule has 0 radical (unpaired) electrons. The zero-order valence-corrected chi connectivity index (χ0v) is 18.0. The molecule has 1 aromatic heterocycles. The van der Waals surface area contributed by atoms with Crippen LogP contribution in [0.2, 0.25) is 0 Å². The second-order valence-electron chi connectivity index (χ2n) is 8.64. The molecule has 0 saturated carbocycles. The minimum atomic E-state index is -0.0540. The first-order chi connectivity index (χ1) is 15.8. The first-order valence-electron chi connectivity index (χ1n) is 11.5. The maximum atomic E-state index is 12.8. The summed E-state index contributed by atoms with van der Waals surface area (Å²) in [7, 11) is 0. The number of hydrazone groups is 1. The molecule has 0 unspecified atom stereocenters. The molecule has 4 heteroatoms. The molecule has 0 aliphatic heterocycles. The number of aromatic nitrogens is 1. The lowest BCUT2D eigenvalue weighted by molar-refractivity contribution is -0.121. The zero-order chi connectivity index (χ0) is 21.5. The summed E-state index contributed by atoms with van der Waals surface area (Å²) in [6.07, 6.45) is 5.12. The zero-order valence-electron chi connectivity index (χ0n) is 18.0. The summed E-state index contributed by atoms with van der Waals surface area (Å²) in [5.41, 5.74) is 12.3. The van der Waals surface area contributed by atoms with Gasteiger partial charge in [-0.3, -0.25) is 4.79 Å². The number of amides is 1. The second kappa shape index (κ2) is 7.79. The van der Waals surface area contributed by atoms with Crippen molar-refractivity contribution in [3.05, 3.63) is 95.2 Å². The maximum Gasteiger partial charge on any atom is 0.241 e. The van der Waals surface area contributed by atoms with Crippen LogP contribution in [-0.2, 0) is 24.2 Å². The number of hydrogen-bond acceptors (Lipinski definition) is 2. The number of carbonyl (C=O) groups is 1. The molecule has 32 heavy (non-hydrogen) atoms. The molecule has 6 rings (SSSR count). The minimum absolute atomic E-state index is 0.0540. The normalized spacial score (nSPS) is 14.1. The molecule has 1 N–H and O–H groups in total. The van der Waals surface area contributed by atoms with Crippen LogP contribution in [0.15, 0.2) is 77.9 Å². The van der Waals surface area contributed by atoms with Gasteiger partial charge in [0.05, 0.1) is 5.71 Å². The molecule has 0 bridgehead atoms. The summed E-state index contributed by atoms with van der Waals surface area (Å²) < 4.78 is 2.36. The fraction of sp³-hybridized carbons (Fsp3) is 0.214. The van der Waals surface area contributed by atoms with E-state index < -0.39 is 0 Å². The Hall–Kier alpha value is -3.66. The molecule has 158 valence electrons. The van der Waals surface area contributed by atoms with E-state index in [1.165, 1.54) is 46.1 Å². The molecule has 1 amide bonds. The van der Waals surface area contributed by atoms with E-state index in [9.17, 15) is 4.79 Å². The number of rotatable bonds is 4. The van der Waals surface area contributed by atoms with Crippen LogP contribution in [0.25, 0.3) is 22.0 Å². The number of para-hydroxylation sites is 1. The topological polar surface area (TPSA) is 46.4 Å². The van der Waals surface area contributed by atoms with E-state index in [0.717, 1.165) is 29.7 Å². The quantitative estimate of drug-likeness (QED) is 0.386. The van der Waals surface area contributed by atoms with Crippen molar-refractivity contribution in [2.75, 3.05) is 0 Å². The van der Waals surface area contributed by atoms with Crippen molar-refractivity contribution in [1.29, 1.82) is 0 Å². The number of aryl methyl sites for hydroxylation is 2. The van der Waals surface area contributed by atoms with Gasteiger partial charge < -0.3 is 4.57 Å². The summed E-state index contributed by atoms with van der Waals surface area (Å²) >= 11 is 0. The molecule has 2 aliphatic carbocycles. The number of nitrogens with zero attached hydrogens (tertiary/aromatic N) is 2. The number of nitrogens with one attached hydrogen (secondary N) is 1. The van der Waals surface area contributed by atoms with E-state index >= 15 is 0 Å². The van der Waals surface area contributed by atoms with Crippen molar-refractivity contribution in [2.24, 2.45) is 5.10 Å². The monoisotopic (exact) mass is 419 g/mol. The summed E-state index contributed by atoms with van der Waals surface area (Å²) in [4.78, 5) is 12.8. The van der Waals surface area contributed by atoms with Gasteiger partial charge >= 0.3 is 0 Å². The SMILES string of the molecule is O=C(CCn1c2c(c3ccccc31)CCCC2)NN=C1c2ccccc2-c2ccccc21. The highest BCUT2D eigenvalue weighted by atomic mass is 16.2. The minimum Gasteiger partial charge on any atom is -0.344 e. The molecule has 0 atom stereocenters. The molecule has 2 aliphatic rings. The Morgan fingerprint density at radius 2 is 1.44 bits per heavy atom. The van der Waals surface area contributed by atoms with Gasteiger partial charge in [-0.05, 0) is 48.4 Å². The smallest absolute Gasteiger partial charge is 0.241 e. The van der Waals surface area contributed by atoms with E-state index in [4.69, 9.17) is 0 Å². The van der Waals surface area contributed by atoms with Crippen molar-refractivity contribution < 1.29 is 4.79 Å². The first-order valence-corrected chi connectivity index (χ1v) is 11.5. The van der Waals surface area contributed by atoms with Crippen molar-refractivity contribution in [3.8, 4) is 11.1 Å². The van der Waals surface area contributed by atoms with E-state index in [0.29, 0.717) is 13.0 Å². The molecule has 0 spiro atoms. The van der Waals surface area contributed by atoms with Crippen LogP contribution in [0.4, 0.5) is 0 Å². The molecule has 0 fully saturated rings. The Morgan fingerprint density at radius 3 is 2.19 bits per heavy atom. The number of hydrogen-bond donors (Lipinski definition) is 1. The first kappa shape index (κ1) is 19.1. The third-order valence-electron chi connectivity index (χ3n) is 6.79. The van der Waals surface area contributed by atoms with Gasteiger partial charge in [0.15, 0.2) is 0 Å². The third-order valence-corrected chi connectivity index (χ3v) is 6.79. The second-order valence-corrected chi connectivity index (χ2v) is 8.64. The van der Waals surface area contributed by atoms with E-state index in [-0.39, 0.29) is 5.91 Å². The van der Waals surface area contributed by atoms with Crippen molar-refractivity contribution in [2.45, 2.75) is 38.6 Å². The fourth-order valence-corrected chi connectivity index (χ4v) is 5.34. The molecule has 4 nitrogen and oxygen atoms in total. The molecule has 0 saturated heterocycles. The van der Waals surface area contributed by atoms with Gasteiger partial charge in [-0.1, -0.05) is 66.7 Å². The van der Waals surface area contributed by atoms with Gasteiger partial charge in [0, 0.05) is 40.7 Å². The highest BCUT2D eigenvalue weighted by Gasteiger charge is 2.24. The van der Waals surface area contributed by atoms with Gasteiger partial charge in [0.25, 0.3) is 0 Å². The Labute approximate surface area is 187 Å². The highest BCUT2D eigenvalue weighted by Crippen LogP contribution is 2.36. The molecule has 4 aromatic rings. The van der Waals surface area contributed by atoms with Crippen LogP contribution < -0.4 is 5.43 Å². The fourth-order valence-electron chi connectivity index (χ4n) is 5.34. The molecular formula is C28H25N3O. The van der Waals surface area contributed by atoms with Gasteiger partial charge in [0.1, 0.15) is 0 Å². The lowest BCUT2D eigenvalue weighted by atomic mass is 9.95. The van der Waals surface area contributed by atoms with Crippen LogP contribution in [-0.4, -0.2) is 16.2 Å². The number of fused-ring (bicyclic) bond motifs is 6. The Morgan fingerprint density at radius 1 is 0.812 bits per heavy atom. The van der Waals surface area contributed by atoms with Gasteiger partial charge in [0.2, 0.25) is 5.91 Å². The maximum absolute atomic E-state index is 12.8. The van der Waals surface area contributed by atoms with E-state index in [1.54, 1.807) is 0 Å². The van der Waals surface area contributed by atoms with Crippen LogP contribution in [0.3, 0.4) is 0 Å². The Balaban J connectivity index is 1.24. The number of carbonyl (C=O) groups excluding carboxylic acids is 1. The van der Waals surface area contributed by atoms with Gasteiger partial charge in [-0.25, -0.2) is 5.43 Å². The van der Waals surface area contributed by atoms with E-state index in [2.05, 4.69) is 63.6 Å². The Kier molecular flexibility index (Phi) is 4.64. The standard InChI is InChI=1S/C28H25N3O/c32-27(17-18-31-25-15-7-5-11-21(25)22-12-6-8-16-26(22)31)29-30-28-23-13-3-1-9-19(23)20-10-2-4-14-24(20)28/h1-5,7,9-11,13-15H,6,8,12,16-18H2,(H,29,32). The lowest BCUT2D eigenvalue weighted by Gasteiger charge is -2.15. The average molecular weight is 420 g/mol. The largest absolute Gasteiger partial charge is 0.344 e. The Bertz CT molecular complexity index is 1330. The van der Waals surface area contributed by atoms with Gasteiger partial charge in [-0.2, -0.15) is 5.10 Å². The third kappa shape index (κ3) is 3.06.